The number of carbonyl (C=O) groups excluding carboxylic acids is 1. The van der Waals surface area contributed by atoms with E-state index in [0.717, 1.165) is 16.3 Å². The predicted molar refractivity (Wildman–Crippen MR) is 94.4 cm³/mol. The van der Waals surface area contributed by atoms with Crippen LogP contribution < -0.4 is 5.32 Å². The molecule has 0 heterocycles. The standard InChI is InChI=1S/C19H16ClNO3/c20-16-10-15(7-8-17(16)22)19(24)21-11-18(23)14-6-5-12-3-1-2-4-13(12)9-14/h1-10,18,22-23H,11H2,(H,21,24). The fourth-order valence-electron chi connectivity index (χ4n) is 2.47. The Kier molecular flexibility index (Phi) is 4.69. The van der Waals surface area contributed by atoms with Gasteiger partial charge in [0.2, 0.25) is 0 Å². The van der Waals surface area contributed by atoms with E-state index >= 15 is 0 Å². The van der Waals surface area contributed by atoms with Gasteiger partial charge >= 0.3 is 0 Å². The van der Waals surface area contributed by atoms with Gasteiger partial charge in [-0.3, -0.25) is 4.79 Å². The highest BCUT2D eigenvalue weighted by Crippen LogP contribution is 2.24. The summed E-state index contributed by atoms with van der Waals surface area (Å²) in [5.74, 6) is -0.443. The Labute approximate surface area is 144 Å². The topological polar surface area (TPSA) is 69.6 Å². The quantitative estimate of drug-likeness (QED) is 0.678. The lowest BCUT2D eigenvalue weighted by atomic mass is 10.0. The van der Waals surface area contributed by atoms with Crippen molar-refractivity contribution < 1.29 is 15.0 Å². The van der Waals surface area contributed by atoms with Crippen molar-refractivity contribution in [3.8, 4) is 5.75 Å². The molecule has 1 unspecified atom stereocenters. The van der Waals surface area contributed by atoms with Crippen LogP contribution >= 0.6 is 11.6 Å². The molecule has 3 N–H and O–H groups in total. The zero-order valence-electron chi connectivity index (χ0n) is 12.7. The van der Waals surface area contributed by atoms with Crippen LogP contribution in [0.5, 0.6) is 5.75 Å². The minimum absolute atomic E-state index is 0.0790. The molecule has 0 aromatic heterocycles. The van der Waals surface area contributed by atoms with Crippen LogP contribution in [-0.2, 0) is 0 Å². The van der Waals surface area contributed by atoms with Gasteiger partial charge in [0.05, 0.1) is 11.1 Å². The molecule has 3 aromatic rings. The highest BCUT2D eigenvalue weighted by atomic mass is 35.5. The monoisotopic (exact) mass is 341 g/mol. The van der Waals surface area contributed by atoms with Gasteiger partial charge in [-0.1, -0.05) is 48.0 Å². The summed E-state index contributed by atoms with van der Waals surface area (Å²) in [6, 6.07) is 17.8. The van der Waals surface area contributed by atoms with Crippen molar-refractivity contribution in [3.63, 3.8) is 0 Å². The van der Waals surface area contributed by atoms with Crippen LogP contribution in [0.2, 0.25) is 5.02 Å². The lowest BCUT2D eigenvalue weighted by molar-refractivity contribution is 0.0916. The second kappa shape index (κ2) is 6.91. The first-order valence-corrected chi connectivity index (χ1v) is 7.86. The highest BCUT2D eigenvalue weighted by molar-refractivity contribution is 6.32. The maximum atomic E-state index is 12.1. The first kappa shape index (κ1) is 16.3. The first-order valence-electron chi connectivity index (χ1n) is 7.48. The van der Waals surface area contributed by atoms with E-state index in [1.807, 2.05) is 42.5 Å². The van der Waals surface area contributed by atoms with Gasteiger partial charge < -0.3 is 15.5 Å². The van der Waals surface area contributed by atoms with E-state index in [-0.39, 0.29) is 23.2 Å². The number of amides is 1. The number of benzene rings is 3. The van der Waals surface area contributed by atoms with E-state index in [9.17, 15) is 15.0 Å². The fourth-order valence-corrected chi connectivity index (χ4v) is 2.65. The summed E-state index contributed by atoms with van der Waals surface area (Å²) in [5.41, 5.74) is 1.06. The first-order chi connectivity index (χ1) is 11.5. The molecule has 3 aromatic carbocycles. The summed E-state index contributed by atoms with van der Waals surface area (Å²) in [7, 11) is 0. The van der Waals surface area contributed by atoms with Crippen LogP contribution in [0, 0.1) is 0 Å². The maximum absolute atomic E-state index is 12.1. The maximum Gasteiger partial charge on any atom is 0.251 e. The van der Waals surface area contributed by atoms with E-state index in [2.05, 4.69) is 5.32 Å². The van der Waals surface area contributed by atoms with E-state index in [1.165, 1.54) is 18.2 Å². The second-order valence-electron chi connectivity index (χ2n) is 5.50. The van der Waals surface area contributed by atoms with Crippen molar-refractivity contribution in [3.05, 3.63) is 76.8 Å². The summed E-state index contributed by atoms with van der Waals surface area (Å²) in [5, 5.41) is 24.6. The molecule has 3 rings (SSSR count). The van der Waals surface area contributed by atoms with Gasteiger partial charge in [0.15, 0.2) is 0 Å². The molecule has 0 bridgehead atoms. The van der Waals surface area contributed by atoms with Crippen molar-refractivity contribution in [2.24, 2.45) is 0 Å². The molecule has 0 aliphatic rings. The normalized spacial score (nSPS) is 12.1. The zero-order chi connectivity index (χ0) is 17.1. The third-order valence-electron chi connectivity index (χ3n) is 3.82. The number of hydrogen-bond acceptors (Lipinski definition) is 3. The summed E-state index contributed by atoms with van der Waals surface area (Å²) in [6.07, 6.45) is -0.814. The van der Waals surface area contributed by atoms with Gasteiger partial charge in [0.25, 0.3) is 5.91 Å². The molecule has 0 fully saturated rings. The molecular weight excluding hydrogens is 326 g/mol. The Morgan fingerprint density at radius 3 is 2.54 bits per heavy atom. The smallest absolute Gasteiger partial charge is 0.251 e. The summed E-state index contributed by atoms with van der Waals surface area (Å²) in [6.45, 7) is 0.0790. The average molecular weight is 342 g/mol. The number of aliphatic hydroxyl groups excluding tert-OH is 1. The molecule has 5 heteroatoms. The molecule has 0 aliphatic heterocycles. The summed E-state index contributed by atoms with van der Waals surface area (Å²) >= 11 is 5.79. The Balaban J connectivity index is 1.68. The lowest BCUT2D eigenvalue weighted by Crippen LogP contribution is -2.28. The number of halogens is 1. The SMILES string of the molecule is O=C(NCC(O)c1ccc2ccccc2c1)c1ccc(O)c(Cl)c1. The molecule has 1 atom stereocenters. The molecule has 0 aliphatic carbocycles. The Bertz CT molecular complexity index is 895. The van der Waals surface area contributed by atoms with Crippen LogP contribution in [0.1, 0.15) is 22.0 Å². The van der Waals surface area contributed by atoms with Crippen molar-refractivity contribution in [2.75, 3.05) is 6.54 Å². The number of hydrogen-bond donors (Lipinski definition) is 3. The Morgan fingerprint density at radius 1 is 1.04 bits per heavy atom. The van der Waals surface area contributed by atoms with E-state index in [1.54, 1.807) is 0 Å². The molecule has 0 spiro atoms. The summed E-state index contributed by atoms with van der Waals surface area (Å²) in [4.78, 5) is 12.1. The number of aromatic hydroxyl groups is 1. The van der Waals surface area contributed by atoms with Crippen molar-refractivity contribution >= 4 is 28.3 Å². The second-order valence-corrected chi connectivity index (χ2v) is 5.91. The molecule has 0 saturated heterocycles. The van der Waals surface area contributed by atoms with Crippen molar-refractivity contribution in [1.82, 2.24) is 5.32 Å². The van der Waals surface area contributed by atoms with Gasteiger partial charge in [-0.15, -0.1) is 0 Å². The number of phenols is 1. The third-order valence-corrected chi connectivity index (χ3v) is 4.13. The van der Waals surface area contributed by atoms with Crippen molar-refractivity contribution in [1.29, 1.82) is 0 Å². The number of aliphatic hydroxyl groups is 1. The van der Waals surface area contributed by atoms with Gasteiger partial charge in [-0.05, 0) is 40.6 Å². The highest BCUT2D eigenvalue weighted by Gasteiger charge is 2.12. The summed E-state index contributed by atoms with van der Waals surface area (Å²) < 4.78 is 0. The van der Waals surface area contributed by atoms with Crippen LogP contribution in [0.15, 0.2) is 60.7 Å². The van der Waals surface area contributed by atoms with Crippen LogP contribution in [0.25, 0.3) is 10.8 Å². The largest absolute Gasteiger partial charge is 0.506 e. The van der Waals surface area contributed by atoms with Crippen LogP contribution in [-0.4, -0.2) is 22.7 Å². The van der Waals surface area contributed by atoms with Crippen LogP contribution in [0.4, 0.5) is 0 Å². The van der Waals surface area contributed by atoms with Gasteiger partial charge in [0.1, 0.15) is 5.75 Å². The van der Waals surface area contributed by atoms with Crippen molar-refractivity contribution in [2.45, 2.75) is 6.10 Å². The molecule has 0 saturated carbocycles. The van der Waals surface area contributed by atoms with Gasteiger partial charge in [-0.25, -0.2) is 0 Å². The number of fused-ring (bicyclic) bond motifs is 1. The Morgan fingerprint density at radius 2 is 1.79 bits per heavy atom. The number of carbonyl (C=O) groups is 1. The number of phenolic OH excluding ortho intramolecular Hbond substituents is 1. The number of nitrogens with one attached hydrogen (secondary N) is 1. The molecule has 122 valence electrons. The minimum atomic E-state index is -0.814. The van der Waals surface area contributed by atoms with E-state index < -0.39 is 6.10 Å². The third kappa shape index (κ3) is 3.50. The molecule has 1 amide bonds. The molecule has 4 nitrogen and oxygen atoms in total. The van der Waals surface area contributed by atoms with Gasteiger partial charge in [0, 0.05) is 12.1 Å². The zero-order valence-corrected chi connectivity index (χ0v) is 13.5. The van der Waals surface area contributed by atoms with E-state index in [0.29, 0.717) is 5.56 Å². The Hall–Kier alpha value is -2.56. The molecule has 0 radical (unpaired) electrons. The number of rotatable bonds is 4. The van der Waals surface area contributed by atoms with Crippen LogP contribution in [0.3, 0.4) is 0 Å². The average Bonchev–Trinajstić information content (AvgIpc) is 2.61. The molecular formula is C19H16ClNO3. The molecule has 24 heavy (non-hydrogen) atoms. The predicted octanol–water partition coefficient (Wildman–Crippen LogP) is 3.66. The minimum Gasteiger partial charge on any atom is -0.506 e. The van der Waals surface area contributed by atoms with E-state index in [4.69, 9.17) is 11.6 Å². The van der Waals surface area contributed by atoms with Gasteiger partial charge in [-0.2, -0.15) is 0 Å². The fraction of sp³-hybridized carbons (Fsp3) is 0.105. The lowest BCUT2D eigenvalue weighted by Gasteiger charge is -2.13.